The third-order valence-corrected chi connectivity index (χ3v) is 5.70. The Balaban J connectivity index is 1.87. The number of ether oxygens (including phenoxy) is 1. The summed E-state index contributed by atoms with van der Waals surface area (Å²) in [5.74, 6) is 0.587. The van der Waals surface area contributed by atoms with Crippen LogP contribution in [0, 0.1) is 6.92 Å². The van der Waals surface area contributed by atoms with Gasteiger partial charge in [-0.15, -0.1) is 11.3 Å². The summed E-state index contributed by atoms with van der Waals surface area (Å²) < 4.78 is 8.37. The lowest BCUT2D eigenvalue weighted by molar-refractivity contribution is 0.185. The highest BCUT2D eigenvalue weighted by atomic mass is 32.1. The highest BCUT2D eigenvalue weighted by Crippen LogP contribution is 2.25. The van der Waals surface area contributed by atoms with E-state index in [2.05, 4.69) is 5.10 Å². The second-order valence-corrected chi connectivity index (χ2v) is 7.74. The van der Waals surface area contributed by atoms with Crippen LogP contribution in [0.2, 0.25) is 0 Å². The van der Waals surface area contributed by atoms with Gasteiger partial charge in [-0.25, -0.2) is 15.0 Å². The number of fused-ring (bicyclic) bond motifs is 4. The van der Waals surface area contributed by atoms with Crippen LogP contribution in [0.1, 0.15) is 10.7 Å². The molecule has 9 heteroatoms. The molecule has 1 aromatic carbocycles. The normalized spacial score (nSPS) is 12.1. The van der Waals surface area contributed by atoms with Crippen molar-refractivity contribution < 1.29 is 4.74 Å². The fourth-order valence-electron chi connectivity index (χ4n) is 3.45. The first-order chi connectivity index (χ1) is 14.7. The van der Waals surface area contributed by atoms with Gasteiger partial charge < -0.3 is 4.74 Å². The van der Waals surface area contributed by atoms with Crippen molar-refractivity contribution in [3.63, 3.8) is 0 Å². The lowest BCUT2D eigenvalue weighted by Gasteiger charge is -2.08. The monoisotopic (exact) mass is 418 g/mol. The van der Waals surface area contributed by atoms with Crippen LogP contribution in [-0.4, -0.2) is 44.1 Å². The molecule has 0 N–H and O–H groups in total. The summed E-state index contributed by atoms with van der Waals surface area (Å²) in [5, 5.41) is 7.00. The van der Waals surface area contributed by atoms with Gasteiger partial charge in [0.15, 0.2) is 11.3 Å². The quantitative estimate of drug-likeness (QED) is 0.409. The van der Waals surface area contributed by atoms with Gasteiger partial charge in [0.2, 0.25) is 0 Å². The Morgan fingerprint density at radius 1 is 1.10 bits per heavy atom. The standard InChI is InChI=1S/C21H18N6O2S/c1-13-23-19-17(21(28)26(13)9-10-29-2)18-20(25-16-8-4-3-7-15(16)24-18)27(19)22-12-14-6-5-11-30-14/h3-8,11-12H,9-10H2,1-2H3/b22-12+. The van der Waals surface area contributed by atoms with Gasteiger partial charge in [-0.1, -0.05) is 18.2 Å². The molecule has 0 saturated heterocycles. The predicted octanol–water partition coefficient (Wildman–Crippen LogP) is 3.19. The molecule has 0 atom stereocenters. The highest BCUT2D eigenvalue weighted by molar-refractivity contribution is 7.11. The molecule has 0 radical (unpaired) electrons. The van der Waals surface area contributed by atoms with Crippen LogP contribution < -0.4 is 5.56 Å². The Morgan fingerprint density at radius 2 is 1.90 bits per heavy atom. The number of aromatic nitrogens is 5. The van der Waals surface area contributed by atoms with Gasteiger partial charge in [-0.2, -0.15) is 9.78 Å². The molecule has 0 aliphatic rings. The van der Waals surface area contributed by atoms with Crippen LogP contribution in [0.4, 0.5) is 0 Å². The van der Waals surface area contributed by atoms with Crippen molar-refractivity contribution in [3.05, 3.63) is 62.8 Å². The second-order valence-electron chi connectivity index (χ2n) is 6.76. The maximum Gasteiger partial charge on any atom is 0.265 e. The maximum absolute atomic E-state index is 13.4. The van der Waals surface area contributed by atoms with E-state index in [-0.39, 0.29) is 5.56 Å². The van der Waals surface area contributed by atoms with Gasteiger partial charge in [0.05, 0.1) is 30.4 Å². The van der Waals surface area contributed by atoms with E-state index in [1.54, 1.807) is 40.8 Å². The van der Waals surface area contributed by atoms with E-state index in [9.17, 15) is 4.79 Å². The zero-order valence-electron chi connectivity index (χ0n) is 16.4. The average molecular weight is 418 g/mol. The predicted molar refractivity (Wildman–Crippen MR) is 119 cm³/mol. The second kappa shape index (κ2) is 7.43. The molecular weight excluding hydrogens is 400 g/mol. The molecule has 0 unspecified atom stereocenters. The van der Waals surface area contributed by atoms with E-state index in [0.29, 0.717) is 41.2 Å². The van der Waals surface area contributed by atoms with Crippen molar-refractivity contribution >= 4 is 50.8 Å². The van der Waals surface area contributed by atoms with Gasteiger partial charge in [-0.3, -0.25) is 9.36 Å². The Morgan fingerprint density at radius 3 is 2.63 bits per heavy atom. The zero-order valence-corrected chi connectivity index (χ0v) is 17.3. The molecule has 4 heterocycles. The Bertz CT molecular complexity index is 1470. The van der Waals surface area contributed by atoms with Crippen molar-refractivity contribution in [2.24, 2.45) is 5.10 Å². The minimum absolute atomic E-state index is 0.172. The van der Waals surface area contributed by atoms with Crippen LogP contribution in [-0.2, 0) is 11.3 Å². The van der Waals surface area contributed by atoms with Crippen molar-refractivity contribution in [1.82, 2.24) is 24.2 Å². The molecule has 0 amide bonds. The van der Waals surface area contributed by atoms with Crippen LogP contribution >= 0.6 is 11.3 Å². The number of benzene rings is 1. The first kappa shape index (κ1) is 18.6. The molecule has 0 fully saturated rings. The number of methoxy groups -OCH3 is 1. The molecule has 0 bridgehead atoms. The number of aryl methyl sites for hydroxylation is 1. The summed E-state index contributed by atoms with van der Waals surface area (Å²) in [6, 6.07) is 11.5. The van der Waals surface area contributed by atoms with E-state index in [0.717, 1.165) is 15.9 Å². The molecule has 4 aromatic heterocycles. The summed E-state index contributed by atoms with van der Waals surface area (Å²) in [7, 11) is 1.61. The molecule has 0 aliphatic heterocycles. The summed E-state index contributed by atoms with van der Waals surface area (Å²) in [6.45, 7) is 2.63. The van der Waals surface area contributed by atoms with Gasteiger partial charge in [-0.05, 0) is 30.5 Å². The van der Waals surface area contributed by atoms with Gasteiger partial charge in [0.25, 0.3) is 5.56 Å². The van der Waals surface area contributed by atoms with E-state index >= 15 is 0 Å². The largest absolute Gasteiger partial charge is 0.383 e. The molecule has 5 aromatic rings. The Kier molecular flexibility index (Phi) is 4.61. The van der Waals surface area contributed by atoms with Crippen molar-refractivity contribution in [2.75, 3.05) is 13.7 Å². The van der Waals surface area contributed by atoms with Crippen LogP contribution in [0.5, 0.6) is 0 Å². The molecule has 8 nitrogen and oxygen atoms in total. The van der Waals surface area contributed by atoms with Gasteiger partial charge >= 0.3 is 0 Å². The third kappa shape index (κ3) is 2.99. The van der Waals surface area contributed by atoms with E-state index in [4.69, 9.17) is 19.7 Å². The van der Waals surface area contributed by atoms with Crippen molar-refractivity contribution in [1.29, 1.82) is 0 Å². The zero-order chi connectivity index (χ0) is 20.7. The molecule has 0 spiro atoms. The van der Waals surface area contributed by atoms with E-state index < -0.39 is 0 Å². The number of thiophene rings is 1. The number of hydrogen-bond donors (Lipinski definition) is 0. The van der Waals surface area contributed by atoms with E-state index in [1.165, 1.54) is 0 Å². The topological polar surface area (TPSA) is 87.2 Å². The average Bonchev–Trinajstić information content (AvgIpc) is 3.36. The van der Waals surface area contributed by atoms with Gasteiger partial charge in [0, 0.05) is 12.0 Å². The molecule has 30 heavy (non-hydrogen) atoms. The lowest BCUT2D eigenvalue weighted by Crippen LogP contribution is -2.25. The van der Waals surface area contributed by atoms with Crippen LogP contribution in [0.15, 0.2) is 51.7 Å². The van der Waals surface area contributed by atoms with Crippen molar-refractivity contribution in [3.8, 4) is 0 Å². The number of para-hydroxylation sites is 2. The third-order valence-electron chi connectivity index (χ3n) is 4.89. The Labute approximate surface area is 175 Å². The van der Waals surface area contributed by atoms with E-state index in [1.807, 2.05) is 41.8 Å². The minimum Gasteiger partial charge on any atom is -0.383 e. The van der Waals surface area contributed by atoms with Gasteiger partial charge in [0.1, 0.15) is 16.7 Å². The fraction of sp³-hybridized carbons (Fsp3) is 0.190. The summed E-state index contributed by atoms with van der Waals surface area (Å²) >= 11 is 1.58. The molecule has 5 rings (SSSR count). The Hall–Kier alpha value is -3.43. The maximum atomic E-state index is 13.4. The lowest BCUT2D eigenvalue weighted by atomic mass is 10.3. The smallest absolute Gasteiger partial charge is 0.265 e. The highest BCUT2D eigenvalue weighted by Gasteiger charge is 2.21. The van der Waals surface area contributed by atoms with Crippen molar-refractivity contribution in [2.45, 2.75) is 13.5 Å². The van der Waals surface area contributed by atoms with Crippen LogP contribution in [0.3, 0.4) is 0 Å². The SMILES string of the molecule is COCCn1c(C)nc2c(c1=O)c1nc3ccccc3nc1n2/N=C/c1cccs1. The number of rotatable bonds is 5. The summed E-state index contributed by atoms with van der Waals surface area (Å²) in [5.41, 5.74) is 2.73. The van der Waals surface area contributed by atoms with Crippen LogP contribution in [0.25, 0.3) is 33.2 Å². The molecular formula is C21H18N6O2S. The fourth-order valence-corrected chi connectivity index (χ4v) is 4.03. The first-order valence-corrected chi connectivity index (χ1v) is 10.3. The first-order valence-electron chi connectivity index (χ1n) is 9.42. The molecule has 0 aliphatic carbocycles. The molecule has 150 valence electrons. The number of nitrogens with zero attached hydrogens (tertiary/aromatic N) is 6. The molecule has 0 saturated carbocycles. The minimum atomic E-state index is -0.172. The number of hydrogen-bond acceptors (Lipinski definition) is 7. The summed E-state index contributed by atoms with van der Waals surface area (Å²) in [6.07, 6.45) is 1.74. The summed E-state index contributed by atoms with van der Waals surface area (Å²) in [4.78, 5) is 28.6.